The number of nitrogens with zero attached hydrogens (tertiary/aromatic N) is 3. The summed E-state index contributed by atoms with van der Waals surface area (Å²) in [5, 5.41) is 3.18. The quantitative estimate of drug-likeness (QED) is 0.460. The Morgan fingerprint density at radius 1 is 1.11 bits per heavy atom. The molecule has 198 valence electrons. The van der Waals surface area contributed by atoms with Crippen molar-refractivity contribution in [3.63, 3.8) is 0 Å². The van der Waals surface area contributed by atoms with E-state index in [0.29, 0.717) is 41.7 Å². The van der Waals surface area contributed by atoms with E-state index in [9.17, 15) is 9.18 Å². The molecule has 3 aliphatic carbocycles. The Balaban J connectivity index is 0.906. The summed E-state index contributed by atoms with van der Waals surface area (Å²) >= 11 is 0. The van der Waals surface area contributed by atoms with E-state index in [-0.39, 0.29) is 18.1 Å². The van der Waals surface area contributed by atoms with E-state index >= 15 is 0 Å². The first kappa shape index (κ1) is 24.6. The SMILES string of the molecule is Cc1cnc(N2CCC([C@H]3C[C@H]3CCOc3ccc(CC(=O)NC(C4CC4)C4CC4)c(F)c3)CC2)nc1. The molecule has 1 saturated heterocycles. The molecule has 37 heavy (non-hydrogen) atoms. The van der Waals surface area contributed by atoms with Crippen molar-refractivity contribution in [1.29, 1.82) is 0 Å². The summed E-state index contributed by atoms with van der Waals surface area (Å²) in [6, 6.07) is 5.26. The predicted octanol–water partition coefficient (Wildman–Crippen LogP) is 5.09. The Morgan fingerprint density at radius 3 is 2.46 bits per heavy atom. The van der Waals surface area contributed by atoms with Crippen LogP contribution in [0.3, 0.4) is 0 Å². The number of carbonyl (C=O) groups is 1. The minimum absolute atomic E-state index is 0.0617. The number of aromatic nitrogens is 2. The fraction of sp³-hybridized carbons (Fsp3) is 0.633. The number of halogens is 1. The van der Waals surface area contributed by atoms with Crippen molar-refractivity contribution < 1.29 is 13.9 Å². The third-order valence-corrected chi connectivity index (χ3v) is 8.89. The Morgan fingerprint density at radius 2 is 1.81 bits per heavy atom. The van der Waals surface area contributed by atoms with E-state index in [4.69, 9.17) is 4.74 Å². The molecule has 4 aliphatic rings. The molecule has 2 heterocycles. The highest BCUT2D eigenvalue weighted by Crippen LogP contribution is 2.50. The second-order valence-electron chi connectivity index (χ2n) is 11.9. The van der Waals surface area contributed by atoms with Crippen LogP contribution in [0.25, 0.3) is 0 Å². The van der Waals surface area contributed by atoms with Gasteiger partial charge in [0.25, 0.3) is 0 Å². The number of benzene rings is 1. The Hall–Kier alpha value is -2.70. The lowest BCUT2D eigenvalue weighted by Gasteiger charge is -2.32. The summed E-state index contributed by atoms with van der Waals surface area (Å²) in [6.07, 6.45) is 13.4. The average Bonchev–Trinajstić information content (AvgIpc) is 3.75. The van der Waals surface area contributed by atoms with Gasteiger partial charge in [-0.1, -0.05) is 6.07 Å². The summed E-state index contributed by atoms with van der Waals surface area (Å²) < 4.78 is 20.6. The third kappa shape index (κ3) is 6.24. The number of nitrogens with one attached hydrogen (secondary N) is 1. The zero-order valence-electron chi connectivity index (χ0n) is 21.9. The molecular weight excluding hydrogens is 467 g/mol. The van der Waals surface area contributed by atoms with Crippen LogP contribution in [-0.4, -0.2) is 41.6 Å². The molecule has 0 radical (unpaired) electrons. The van der Waals surface area contributed by atoms with E-state index in [0.717, 1.165) is 42.9 Å². The van der Waals surface area contributed by atoms with Gasteiger partial charge in [-0.2, -0.15) is 0 Å². The Bertz CT molecular complexity index is 1080. The lowest BCUT2D eigenvalue weighted by Crippen LogP contribution is -2.39. The second kappa shape index (κ2) is 10.6. The minimum Gasteiger partial charge on any atom is -0.493 e. The summed E-state index contributed by atoms with van der Waals surface area (Å²) in [7, 11) is 0. The number of anilines is 1. The van der Waals surface area contributed by atoms with Gasteiger partial charge < -0.3 is 15.0 Å². The minimum atomic E-state index is -0.351. The van der Waals surface area contributed by atoms with Crippen LogP contribution < -0.4 is 15.0 Å². The van der Waals surface area contributed by atoms with Gasteiger partial charge in [-0.15, -0.1) is 0 Å². The van der Waals surface area contributed by atoms with Crippen LogP contribution in [0.5, 0.6) is 5.75 Å². The molecule has 2 aromatic rings. The second-order valence-corrected chi connectivity index (χ2v) is 11.9. The first-order valence-corrected chi connectivity index (χ1v) is 14.3. The molecule has 2 atom stereocenters. The molecule has 6 nitrogen and oxygen atoms in total. The summed E-state index contributed by atoms with van der Waals surface area (Å²) in [4.78, 5) is 23.8. The van der Waals surface area contributed by atoms with Gasteiger partial charge in [0, 0.05) is 37.6 Å². The van der Waals surface area contributed by atoms with Gasteiger partial charge in [-0.3, -0.25) is 4.79 Å². The van der Waals surface area contributed by atoms with Gasteiger partial charge in [-0.25, -0.2) is 14.4 Å². The van der Waals surface area contributed by atoms with E-state index in [1.54, 1.807) is 12.1 Å². The number of aryl methyl sites for hydroxylation is 1. The number of rotatable bonds is 11. The van der Waals surface area contributed by atoms with Crippen LogP contribution in [0.2, 0.25) is 0 Å². The normalized spacial score (nSPS) is 23.8. The van der Waals surface area contributed by atoms with E-state index in [1.165, 1.54) is 51.0 Å². The van der Waals surface area contributed by atoms with Crippen molar-refractivity contribution in [3.8, 4) is 5.75 Å². The van der Waals surface area contributed by atoms with Crippen molar-refractivity contribution in [2.24, 2.45) is 29.6 Å². The fourth-order valence-corrected chi connectivity index (χ4v) is 6.29. The first-order chi connectivity index (χ1) is 18.0. The van der Waals surface area contributed by atoms with Crippen molar-refractivity contribution in [2.45, 2.75) is 70.8 Å². The molecule has 1 amide bonds. The maximum Gasteiger partial charge on any atom is 0.225 e. The van der Waals surface area contributed by atoms with Gasteiger partial charge in [0.05, 0.1) is 13.0 Å². The molecule has 7 heteroatoms. The van der Waals surface area contributed by atoms with Crippen molar-refractivity contribution in [1.82, 2.24) is 15.3 Å². The maximum absolute atomic E-state index is 14.7. The number of piperidine rings is 1. The molecule has 6 rings (SSSR count). The molecule has 1 N–H and O–H groups in total. The van der Waals surface area contributed by atoms with Crippen LogP contribution in [0.4, 0.5) is 10.3 Å². The van der Waals surface area contributed by atoms with Gasteiger partial charge in [-0.05, 0) is 105 Å². The highest BCUT2D eigenvalue weighted by molar-refractivity contribution is 5.79. The van der Waals surface area contributed by atoms with Crippen molar-refractivity contribution in [3.05, 3.63) is 47.5 Å². The number of hydrogen-bond donors (Lipinski definition) is 1. The molecule has 1 aromatic heterocycles. The van der Waals surface area contributed by atoms with Crippen molar-refractivity contribution >= 4 is 11.9 Å². The van der Waals surface area contributed by atoms with Gasteiger partial charge in [0.15, 0.2) is 0 Å². The fourth-order valence-electron chi connectivity index (χ4n) is 6.29. The van der Waals surface area contributed by atoms with Gasteiger partial charge in [0.2, 0.25) is 11.9 Å². The zero-order valence-corrected chi connectivity index (χ0v) is 21.9. The molecule has 0 bridgehead atoms. The molecular formula is C30H39FN4O2. The predicted molar refractivity (Wildman–Crippen MR) is 141 cm³/mol. The highest BCUT2D eigenvalue weighted by Gasteiger charge is 2.43. The largest absolute Gasteiger partial charge is 0.493 e. The topological polar surface area (TPSA) is 67.4 Å². The van der Waals surface area contributed by atoms with Crippen LogP contribution in [-0.2, 0) is 11.2 Å². The number of ether oxygens (including phenoxy) is 1. The summed E-state index contributed by atoms with van der Waals surface area (Å²) in [5.41, 5.74) is 1.54. The van der Waals surface area contributed by atoms with E-state index < -0.39 is 0 Å². The molecule has 0 unspecified atom stereocenters. The third-order valence-electron chi connectivity index (χ3n) is 8.89. The van der Waals surface area contributed by atoms with Crippen LogP contribution >= 0.6 is 0 Å². The molecule has 1 aromatic carbocycles. The Kier molecular flexibility index (Phi) is 7.04. The lowest BCUT2D eigenvalue weighted by molar-refractivity contribution is -0.121. The Labute approximate surface area is 219 Å². The first-order valence-electron chi connectivity index (χ1n) is 14.3. The summed E-state index contributed by atoms with van der Waals surface area (Å²) in [6.45, 7) is 4.68. The lowest BCUT2D eigenvalue weighted by atomic mass is 9.90. The number of hydrogen-bond acceptors (Lipinski definition) is 5. The highest BCUT2D eigenvalue weighted by atomic mass is 19.1. The van der Waals surface area contributed by atoms with Crippen LogP contribution in [0.15, 0.2) is 30.6 Å². The molecule has 4 fully saturated rings. The zero-order chi connectivity index (χ0) is 25.4. The average molecular weight is 507 g/mol. The van der Waals surface area contributed by atoms with Gasteiger partial charge >= 0.3 is 0 Å². The maximum atomic E-state index is 14.7. The van der Waals surface area contributed by atoms with Crippen LogP contribution in [0.1, 0.15) is 62.5 Å². The molecule has 1 aliphatic heterocycles. The van der Waals surface area contributed by atoms with Gasteiger partial charge in [0.1, 0.15) is 11.6 Å². The monoisotopic (exact) mass is 506 g/mol. The van der Waals surface area contributed by atoms with E-state index in [1.807, 2.05) is 19.3 Å². The number of carbonyl (C=O) groups excluding carboxylic acids is 1. The van der Waals surface area contributed by atoms with Crippen LogP contribution in [0, 0.1) is 42.3 Å². The number of amides is 1. The molecule has 3 saturated carbocycles. The van der Waals surface area contributed by atoms with E-state index in [2.05, 4.69) is 20.2 Å². The standard InChI is InChI=1S/C30H39FN4O2/c1-19-17-32-30(33-18-19)35-11-8-20(9-12-35)26-14-23(26)10-13-37-25-7-6-24(27(31)16-25)15-28(36)34-29(21-2-3-21)22-4-5-22/h6-7,16-18,20-23,26,29H,2-5,8-15H2,1H3,(H,34,36)/t23-,26-/m1/s1. The smallest absolute Gasteiger partial charge is 0.225 e. The molecule has 0 spiro atoms. The summed E-state index contributed by atoms with van der Waals surface area (Å²) in [5.74, 6) is 4.55. The van der Waals surface area contributed by atoms with Crippen molar-refractivity contribution in [2.75, 3.05) is 24.6 Å².